The number of aliphatic hydroxyl groups excluding tert-OH is 1. The highest BCUT2D eigenvalue weighted by Gasteiger charge is 2.29. The monoisotopic (exact) mass is 370 g/mol. The minimum Gasteiger partial charge on any atom is -0.488 e. The molecule has 7 heteroatoms. The number of carbonyl (C=O) groups excluding carboxylic acids is 1. The molecule has 6 nitrogen and oxygen atoms in total. The molecule has 0 spiro atoms. The highest BCUT2D eigenvalue weighted by atomic mass is 35.5. The van der Waals surface area contributed by atoms with Crippen LogP contribution in [-0.2, 0) is 4.74 Å². The zero-order valence-corrected chi connectivity index (χ0v) is 15.8. The first-order valence-electron chi connectivity index (χ1n) is 8.50. The average Bonchev–Trinajstić information content (AvgIpc) is 2.48. The number of rotatable bonds is 7. The highest BCUT2D eigenvalue weighted by Crippen LogP contribution is 2.20. The van der Waals surface area contributed by atoms with E-state index in [0.29, 0.717) is 11.4 Å². The summed E-state index contributed by atoms with van der Waals surface area (Å²) >= 11 is 5.85. The molecule has 0 saturated carbocycles. The predicted octanol–water partition coefficient (Wildman–Crippen LogP) is 2.68. The molecule has 1 saturated heterocycles. The summed E-state index contributed by atoms with van der Waals surface area (Å²) in [7, 11) is 0. The molecular weight excluding hydrogens is 344 g/mol. The van der Waals surface area contributed by atoms with Crippen molar-refractivity contribution >= 4 is 17.7 Å². The minimum absolute atomic E-state index is 0.113. The normalized spacial score (nSPS) is 16.8. The number of benzene rings is 1. The lowest BCUT2D eigenvalue weighted by molar-refractivity contribution is 0.0150. The Kier molecular flexibility index (Phi) is 6.93. The molecular formula is C18H27ClN2O4. The number of likely N-dealkylation sites (tertiary alicyclic amines) is 1. The third kappa shape index (κ3) is 7.10. The second-order valence-corrected chi connectivity index (χ2v) is 7.70. The van der Waals surface area contributed by atoms with Crippen LogP contribution >= 0.6 is 11.6 Å². The summed E-state index contributed by atoms with van der Waals surface area (Å²) in [4.78, 5) is 14.0. The molecule has 1 heterocycles. The predicted molar refractivity (Wildman–Crippen MR) is 97.2 cm³/mol. The quantitative estimate of drug-likeness (QED) is 0.772. The first-order valence-corrected chi connectivity index (χ1v) is 8.88. The molecule has 1 aliphatic heterocycles. The van der Waals surface area contributed by atoms with Gasteiger partial charge in [-0.05, 0) is 51.5 Å². The largest absolute Gasteiger partial charge is 0.488 e. The first kappa shape index (κ1) is 19.8. The van der Waals surface area contributed by atoms with Gasteiger partial charge in [-0.1, -0.05) is 11.6 Å². The van der Waals surface area contributed by atoms with Gasteiger partial charge in [0.2, 0.25) is 0 Å². The molecule has 1 unspecified atom stereocenters. The van der Waals surface area contributed by atoms with Crippen LogP contribution in [0, 0.1) is 0 Å². The smallest absolute Gasteiger partial charge is 0.407 e. The van der Waals surface area contributed by atoms with Crippen molar-refractivity contribution in [2.45, 2.75) is 44.9 Å². The van der Waals surface area contributed by atoms with Crippen molar-refractivity contribution in [2.24, 2.45) is 0 Å². The number of aliphatic hydroxyl groups is 1. The zero-order valence-electron chi connectivity index (χ0n) is 15.0. The fourth-order valence-electron chi connectivity index (χ4n) is 2.51. The fraction of sp³-hybridized carbons (Fsp3) is 0.611. The van der Waals surface area contributed by atoms with E-state index < -0.39 is 11.7 Å². The third-order valence-electron chi connectivity index (χ3n) is 3.78. The van der Waals surface area contributed by atoms with Crippen molar-refractivity contribution in [1.29, 1.82) is 0 Å². The van der Waals surface area contributed by atoms with Crippen LogP contribution in [0.5, 0.6) is 5.75 Å². The summed E-state index contributed by atoms with van der Waals surface area (Å²) in [6.45, 7) is 7.74. The number of nitrogens with zero attached hydrogens (tertiary/aromatic N) is 1. The van der Waals surface area contributed by atoms with Gasteiger partial charge in [0.15, 0.2) is 0 Å². The van der Waals surface area contributed by atoms with E-state index >= 15 is 0 Å². The Morgan fingerprint density at radius 3 is 2.56 bits per heavy atom. The number of carbonyl (C=O) groups is 1. The maximum Gasteiger partial charge on any atom is 0.407 e. The Morgan fingerprint density at radius 1 is 1.36 bits per heavy atom. The standard InChI is InChI=1S/C18H27ClN2O4/c1-18(2,3)25-17(23)20-14(12-22)8-9-21-10-16(11-21)24-15-6-4-13(19)5-7-15/h4-7,14,16,22H,8-12H2,1-3H3,(H,20,23). The number of nitrogens with one attached hydrogen (secondary N) is 1. The van der Waals surface area contributed by atoms with Crippen LogP contribution in [-0.4, -0.2) is 60.1 Å². The van der Waals surface area contributed by atoms with Gasteiger partial charge in [0.1, 0.15) is 17.5 Å². The molecule has 25 heavy (non-hydrogen) atoms. The number of amides is 1. The SMILES string of the molecule is CC(C)(C)OC(=O)NC(CO)CCN1CC(Oc2ccc(Cl)cc2)C1. The molecule has 0 radical (unpaired) electrons. The average molecular weight is 371 g/mol. The maximum atomic E-state index is 11.7. The molecule has 1 aliphatic rings. The van der Waals surface area contributed by atoms with Gasteiger partial charge >= 0.3 is 6.09 Å². The van der Waals surface area contributed by atoms with Gasteiger partial charge in [-0.2, -0.15) is 0 Å². The summed E-state index contributed by atoms with van der Waals surface area (Å²) in [5.41, 5.74) is -0.548. The van der Waals surface area contributed by atoms with Gasteiger partial charge in [0.25, 0.3) is 0 Å². The Bertz CT molecular complexity index is 553. The van der Waals surface area contributed by atoms with Crippen LogP contribution in [0.2, 0.25) is 5.02 Å². The van der Waals surface area contributed by atoms with Crippen molar-refractivity contribution in [3.05, 3.63) is 29.3 Å². The van der Waals surface area contributed by atoms with Crippen LogP contribution in [0.15, 0.2) is 24.3 Å². The molecule has 0 aromatic heterocycles. The van der Waals surface area contributed by atoms with Crippen molar-refractivity contribution < 1.29 is 19.4 Å². The van der Waals surface area contributed by atoms with E-state index in [1.165, 1.54) is 0 Å². The van der Waals surface area contributed by atoms with Crippen molar-refractivity contribution in [3.8, 4) is 5.75 Å². The lowest BCUT2D eigenvalue weighted by atomic mass is 10.1. The Labute approximate surface area is 154 Å². The first-order chi connectivity index (χ1) is 11.7. The molecule has 1 fully saturated rings. The molecule has 2 rings (SSSR count). The molecule has 1 aromatic carbocycles. The van der Waals surface area contributed by atoms with E-state index in [0.717, 1.165) is 25.4 Å². The van der Waals surface area contributed by atoms with E-state index in [9.17, 15) is 9.90 Å². The summed E-state index contributed by atoms with van der Waals surface area (Å²) in [6.07, 6.45) is 0.315. The lowest BCUT2D eigenvalue weighted by Crippen LogP contribution is -2.55. The Hall–Kier alpha value is -1.50. The van der Waals surface area contributed by atoms with E-state index in [4.69, 9.17) is 21.1 Å². The second kappa shape index (κ2) is 8.74. The van der Waals surface area contributed by atoms with Gasteiger partial charge in [0.05, 0.1) is 12.6 Å². The number of hydrogen-bond donors (Lipinski definition) is 2. The van der Waals surface area contributed by atoms with E-state index in [-0.39, 0.29) is 18.8 Å². The van der Waals surface area contributed by atoms with Crippen molar-refractivity contribution in [1.82, 2.24) is 10.2 Å². The lowest BCUT2D eigenvalue weighted by Gasteiger charge is -2.39. The van der Waals surface area contributed by atoms with Gasteiger partial charge < -0.3 is 19.9 Å². The molecule has 1 amide bonds. The van der Waals surface area contributed by atoms with Crippen molar-refractivity contribution in [3.63, 3.8) is 0 Å². The number of halogens is 1. The summed E-state index contributed by atoms with van der Waals surface area (Å²) in [6, 6.07) is 7.02. The minimum atomic E-state index is -0.548. The van der Waals surface area contributed by atoms with Crippen LogP contribution in [0.25, 0.3) is 0 Å². The number of alkyl carbamates (subject to hydrolysis) is 1. The molecule has 0 aliphatic carbocycles. The maximum absolute atomic E-state index is 11.7. The fourth-order valence-corrected chi connectivity index (χ4v) is 2.63. The highest BCUT2D eigenvalue weighted by molar-refractivity contribution is 6.30. The molecule has 2 N–H and O–H groups in total. The van der Waals surface area contributed by atoms with E-state index in [2.05, 4.69) is 10.2 Å². The van der Waals surface area contributed by atoms with Crippen LogP contribution in [0.3, 0.4) is 0 Å². The van der Waals surface area contributed by atoms with Gasteiger partial charge in [-0.15, -0.1) is 0 Å². The summed E-state index contributed by atoms with van der Waals surface area (Å²) < 4.78 is 11.1. The van der Waals surface area contributed by atoms with Crippen molar-refractivity contribution in [2.75, 3.05) is 26.2 Å². The van der Waals surface area contributed by atoms with E-state index in [1.807, 2.05) is 24.3 Å². The summed E-state index contributed by atoms with van der Waals surface area (Å²) in [5.74, 6) is 0.814. The van der Waals surface area contributed by atoms with Crippen LogP contribution in [0.1, 0.15) is 27.2 Å². The second-order valence-electron chi connectivity index (χ2n) is 7.27. The third-order valence-corrected chi connectivity index (χ3v) is 4.03. The van der Waals surface area contributed by atoms with Gasteiger partial charge in [0, 0.05) is 24.7 Å². The molecule has 140 valence electrons. The summed E-state index contributed by atoms with van der Waals surface area (Å²) in [5, 5.41) is 12.8. The van der Waals surface area contributed by atoms with Crippen LogP contribution in [0.4, 0.5) is 4.79 Å². The van der Waals surface area contributed by atoms with Gasteiger partial charge in [-0.3, -0.25) is 4.90 Å². The molecule has 1 aromatic rings. The molecule has 0 bridgehead atoms. The topological polar surface area (TPSA) is 71.0 Å². The number of hydrogen-bond acceptors (Lipinski definition) is 5. The Morgan fingerprint density at radius 2 is 2.00 bits per heavy atom. The van der Waals surface area contributed by atoms with Gasteiger partial charge in [-0.25, -0.2) is 4.79 Å². The van der Waals surface area contributed by atoms with Crippen LogP contribution < -0.4 is 10.1 Å². The zero-order chi connectivity index (χ0) is 18.4. The van der Waals surface area contributed by atoms with E-state index in [1.54, 1.807) is 20.8 Å². The molecule has 1 atom stereocenters. The number of ether oxygens (including phenoxy) is 2. The Balaban J connectivity index is 1.64.